The second-order valence-electron chi connectivity index (χ2n) is 4.38. The Morgan fingerprint density at radius 2 is 2.00 bits per heavy atom. The molecule has 0 aliphatic rings. The van der Waals surface area contributed by atoms with Crippen molar-refractivity contribution in [3.63, 3.8) is 0 Å². The maximum atomic E-state index is 13.1. The molecule has 0 heterocycles. The van der Waals surface area contributed by atoms with Gasteiger partial charge in [-0.15, -0.1) is 0 Å². The molecule has 0 aliphatic heterocycles. The molecule has 0 spiro atoms. The van der Waals surface area contributed by atoms with Crippen molar-refractivity contribution in [2.24, 2.45) is 0 Å². The maximum Gasteiger partial charge on any atom is 0.292 e. The Bertz CT molecular complexity index is 693. The molecule has 0 unspecified atom stereocenters. The molecule has 0 atom stereocenters. The highest BCUT2D eigenvalue weighted by molar-refractivity contribution is 7.89. The van der Waals surface area contributed by atoms with Crippen molar-refractivity contribution >= 4 is 15.7 Å². The van der Waals surface area contributed by atoms with Crippen LogP contribution in [0.3, 0.4) is 0 Å². The first-order valence-electron chi connectivity index (χ1n) is 6.10. The van der Waals surface area contributed by atoms with E-state index in [1.807, 2.05) is 6.07 Å². The smallest absolute Gasteiger partial charge is 0.258 e. The van der Waals surface area contributed by atoms with E-state index < -0.39 is 36.9 Å². The zero-order valence-electron chi connectivity index (χ0n) is 11.5. The largest absolute Gasteiger partial charge is 0.292 e. The number of nitrogens with zero attached hydrogens (tertiary/aromatic N) is 2. The van der Waals surface area contributed by atoms with E-state index in [2.05, 4.69) is 4.72 Å². The third kappa shape index (κ3) is 3.53. The molecule has 114 valence electrons. The Hall–Kier alpha value is -2.05. The molecular formula is C12H14FN3O4S. The molecule has 1 aromatic carbocycles. The molecule has 0 saturated heterocycles. The zero-order valence-corrected chi connectivity index (χ0v) is 12.3. The third-order valence-electron chi connectivity index (χ3n) is 3.16. The highest BCUT2D eigenvalue weighted by atomic mass is 32.2. The number of rotatable bonds is 6. The van der Waals surface area contributed by atoms with Gasteiger partial charge >= 0.3 is 0 Å². The molecule has 0 aromatic heterocycles. The minimum Gasteiger partial charge on any atom is -0.258 e. The van der Waals surface area contributed by atoms with Crippen LogP contribution < -0.4 is 4.72 Å². The molecule has 1 rings (SSSR count). The second-order valence-corrected chi connectivity index (χ2v) is 6.03. The predicted molar refractivity (Wildman–Crippen MR) is 72.3 cm³/mol. The molecule has 0 fully saturated rings. The van der Waals surface area contributed by atoms with Crippen molar-refractivity contribution in [1.82, 2.24) is 4.72 Å². The quantitative estimate of drug-likeness (QED) is 0.638. The van der Waals surface area contributed by atoms with Gasteiger partial charge < -0.3 is 0 Å². The van der Waals surface area contributed by atoms with Crippen LogP contribution in [0.25, 0.3) is 0 Å². The lowest BCUT2D eigenvalue weighted by molar-refractivity contribution is -0.388. The predicted octanol–water partition coefficient (Wildman–Crippen LogP) is 2.09. The lowest BCUT2D eigenvalue weighted by atomic mass is 9.97. The van der Waals surface area contributed by atoms with Gasteiger partial charge in [-0.05, 0) is 25.0 Å². The molecule has 21 heavy (non-hydrogen) atoms. The monoisotopic (exact) mass is 315 g/mol. The standard InChI is InChI=1S/C12H14FN3O4S/c1-3-12(4-2,8-14)15-21(19,20)11-6-5-9(13)7-10(11)16(17)18/h5-7,15H,3-4H2,1-2H3. The van der Waals surface area contributed by atoms with Gasteiger partial charge in [-0.2, -0.15) is 9.98 Å². The van der Waals surface area contributed by atoms with Gasteiger partial charge in [0.25, 0.3) is 5.69 Å². The number of nitro groups is 1. The third-order valence-corrected chi connectivity index (χ3v) is 4.74. The summed E-state index contributed by atoms with van der Waals surface area (Å²) in [5, 5.41) is 20.0. The summed E-state index contributed by atoms with van der Waals surface area (Å²) in [6.07, 6.45) is 0.377. The minimum atomic E-state index is -4.33. The zero-order chi connectivity index (χ0) is 16.3. The van der Waals surface area contributed by atoms with Crippen LogP contribution in [-0.2, 0) is 10.0 Å². The van der Waals surface area contributed by atoms with E-state index in [-0.39, 0.29) is 12.8 Å². The average Bonchev–Trinajstić information content (AvgIpc) is 2.44. The molecule has 7 nitrogen and oxygen atoms in total. The number of hydrogen-bond donors (Lipinski definition) is 1. The van der Waals surface area contributed by atoms with Gasteiger partial charge in [-0.3, -0.25) is 10.1 Å². The van der Waals surface area contributed by atoms with E-state index in [9.17, 15) is 22.9 Å². The summed E-state index contributed by atoms with van der Waals surface area (Å²) in [4.78, 5) is 9.22. The number of halogens is 1. The lowest BCUT2D eigenvalue weighted by Gasteiger charge is -2.24. The first-order chi connectivity index (χ1) is 9.71. The van der Waals surface area contributed by atoms with Gasteiger partial charge in [0.1, 0.15) is 11.4 Å². The van der Waals surface area contributed by atoms with Gasteiger partial charge in [-0.1, -0.05) is 13.8 Å². The molecule has 9 heteroatoms. The highest BCUT2D eigenvalue weighted by Gasteiger charge is 2.35. The molecule has 0 aliphatic carbocycles. The van der Waals surface area contributed by atoms with Crippen molar-refractivity contribution in [3.8, 4) is 6.07 Å². The van der Waals surface area contributed by atoms with E-state index in [0.717, 1.165) is 12.1 Å². The summed E-state index contributed by atoms with van der Waals surface area (Å²) < 4.78 is 39.8. The van der Waals surface area contributed by atoms with Gasteiger partial charge in [0.05, 0.1) is 17.1 Å². The van der Waals surface area contributed by atoms with Crippen LogP contribution in [0, 0.1) is 27.3 Å². The number of sulfonamides is 1. The van der Waals surface area contributed by atoms with Gasteiger partial charge in [-0.25, -0.2) is 12.8 Å². The molecular weight excluding hydrogens is 301 g/mol. The minimum absolute atomic E-state index is 0.189. The normalized spacial score (nSPS) is 11.9. The molecule has 0 saturated carbocycles. The fraction of sp³-hybridized carbons (Fsp3) is 0.417. The first kappa shape index (κ1) is 17.0. The van der Waals surface area contributed by atoms with Gasteiger partial charge in [0.2, 0.25) is 10.0 Å². The van der Waals surface area contributed by atoms with E-state index in [0.29, 0.717) is 6.07 Å². The maximum absolute atomic E-state index is 13.1. The Morgan fingerprint density at radius 3 is 2.43 bits per heavy atom. The van der Waals surface area contributed by atoms with E-state index in [1.54, 1.807) is 13.8 Å². The second kappa shape index (κ2) is 6.15. The number of nitriles is 1. The van der Waals surface area contributed by atoms with Crippen molar-refractivity contribution in [3.05, 3.63) is 34.1 Å². The van der Waals surface area contributed by atoms with Crippen LogP contribution in [0.5, 0.6) is 0 Å². The Labute approximate surface area is 121 Å². The van der Waals surface area contributed by atoms with Crippen LogP contribution in [-0.4, -0.2) is 18.9 Å². The van der Waals surface area contributed by atoms with Crippen LogP contribution >= 0.6 is 0 Å². The van der Waals surface area contributed by atoms with E-state index >= 15 is 0 Å². The van der Waals surface area contributed by atoms with Crippen molar-refractivity contribution in [2.45, 2.75) is 37.1 Å². The van der Waals surface area contributed by atoms with Crippen LogP contribution in [0.2, 0.25) is 0 Å². The number of nitrogens with one attached hydrogen (secondary N) is 1. The molecule has 1 aromatic rings. The highest BCUT2D eigenvalue weighted by Crippen LogP contribution is 2.27. The summed E-state index contributed by atoms with van der Waals surface area (Å²) in [7, 11) is -4.33. The Balaban J connectivity index is 3.39. The molecule has 1 N–H and O–H groups in total. The summed E-state index contributed by atoms with van der Waals surface area (Å²) in [5.41, 5.74) is -2.23. The van der Waals surface area contributed by atoms with Crippen LogP contribution in [0.4, 0.5) is 10.1 Å². The molecule has 0 radical (unpaired) electrons. The number of hydrogen-bond acceptors (Lipinski definition) is 5. The molecule has 0 bridgehead atoms. The SMILES string of the molecule is CCC(C#N)(CC)NS(=O)(=O)c1ccc(F)cc1[N+](=O)[O-]. The number of nitro benzene ring substituents is 1. The van der Waals surface area contributed by atoms with Crippen LogP contribution in [0.15, 0.2) is 23.1 Å². The van der Waals surface area contributed by atoms with Gasteiger partial charge in [0.15, 0.2) is 4.90 Å². The van der Waals surface area contributed by atoms with E-state index in [1.165, 1.54) is 0 Å². The summed E-state index contributed by atoms with van der Waals surface area (Å²) in [6, 6.07) is 4.02. The first-order valence-corrected chi connectivity index (χ1v) is 7.59. The van der Waals surface area contributed by atoms with Crippen LogP contribution in [0.1, 0.15) is 26.7 Å². The average molecular weight is 315 g/mol. The number of benzene rings is 1. The summed E-state index contributed by atoms with van der Waals surface area (Å²) >= 11 is 0. The summed E-state index contributed by atoms with van der Waals surface area (Å²) in [5.74, 6) is -0.918. The lowest BCUT2D eigenvalue weighted by Crippen LogP contribution is -2.46. The van der Waals surface area contributed by atoms with E-state index in [4.69, 9.17) is 5.26 Å². The van der Waals surface area contributed by atoms with Gasteiger partial charge in [0, 0.05) is 0 Å². The van der Waals surface area contributed by atoms with Crippen molar-refractivity contribution in [2.75, 3.05) is 0 Å². The fourth-order valence-corrected chi connectivity index (χ4v) is 3.36. The topological polar surface area (TPSA) is 113 Å². The summed E-state index contributed by atoms with van der Waals surface area (Å²) in [6.45, 7) is 3.24. The molecule has 0 amide bonds. The Kier molecular flexibility index (Phi) is 4.98. The van der Waals surface area contributed by atoms with Crippen molar-refractivity contribution in [1.29, 1.82) is 5.26 Å². The fourth-order valence-electron chi connectivity index (χ4n) is 1.75. The Morgan fingerprint density at radius 1 is 1.43 bits per heavy atom. The van der Waals surface area contributed by atoms with Crippen molar-refractivity contribution < 1.29 is 17.7 Å².